The third-order valence-electron chi connectivity index (χ3n) is 2.67. The molecule has 2 unspecified atom stereocenters. The van der Waals surface area contributed by atoms with Crippen molar-refractivity contribution in [3.8, 4) is 5.75 Å². The minimum atomic E-state index is -0.957. The maximum atomic E-state index is 11.8. The summed E-state index contributed by atoms with van der Waals surface area (Å²) in [7, 11) is -0.957. The van der Waals surface area contributed by atoms with E-state index in [2.05, 4.69) is 5.32 Å². The number of benzene rings is 1. The van der Waals surface area contributed by atoms with Crippen LogP contribution in [0.25, 0.3) is 0 Å². The van der Waals surface area contributed by atoms with Crippen LogP contribution in [0, 0.1) is 6.92 Å². The molecule has 0 spiro atoms. The van der Waals surface area contributed by atoms with Gasteiger partial charge in [0.2, 0.25) is 0 Å². The third-order valence-corrected chi connectivity index (χ3v) is 3.97. The lowest BCUT2D eigenvalue weighted by Gasteiger charge is -2.11. The molecule has 0 aliphatic carbocycles. The molecule has 0 saturated heterocycles. The minimum absolute atomic E-state index is 0.0865. The van der Waals surface area contributed by atoms with Crippen LogP contribution >= 0.6 is 0 Å². The molecule has 2 N–H and O–H groups in total. The maximum Gasteiger partial charge on any atom is 0.251 e. The monoisotopic (exact) mass is 255 g/mol. The predicted molar refractivity (Wildman–Crippen MR) is 68.7 cm³/mol. The van der Waals surface area contributed by atoms with Crippen molar-refractivity contribution in [3.63, 3.8) is 0 Å². The van der Waals surface area contributed by atoms with Crippen molar-refractivity contribution in [1.82, 2.24) is 5.32 Å². The van der Waals surface area contributed by atoms with Gasteiger partial charge in [-0.15, -0.1) is 0 Å². The lowest BCUT2D eigenvalue weighted by atomic mass is 10.1. The van der Waals surface area contributed by atoms with E-state index < -0.39 is 10.8 Å². The van der Waals surface area contributed by atoms with Gasteiger partial charge in [0.1, 0.15) is 5.75 Å². The summed E-state index contributed by atoms with van der Waals surface area (Å²) in [6.07, 6.45) is 1.61. The number of nitrogens with one attached hydrogen (secondary N) is 1. The summed E-state index contributed by atoms with van der Waals surface area (Å²) >= 11 is 0. The highest BCUT2D eigenvalue weighted by Gasteiger charge is 2.13. The molecule has 5 heteroatoms. The van der Waals surface area contributed by atoms with Crippen LogP contribution in [0.3, 0.4) is 0 Å². The predicted octanol–water partition coefficient (Wildman–Crippen LogP) is 1.20. The standard InChI is InChI=1S/C12H17NO3S/c1-8(17(3)16)7-13-12(15)10-5-4-6-11(14)9(10)2/h4-6,8,14H,7H2,1-3H3,(H,13,15). The first-order valence-corrected chi connectivity index (χ1v) is 6.94. The molecule has 94 valence electrons. The number of hydrogen-bond acceptors (Lipinski definition) is 3. The number of phenols is 1. The Bertz CT molecular complexity index is 445. The molecule has 1 aromatic carbocycles. The Hall–Kier alpha value is -1.36. The molecule has 0 aliphatic heterocycles. The van der Waals surface area contributed by atoms with Gasteiger partial charge in [0, 0.05) is 40.0 Å². The van der Waals surface area contributed by atoms with Gasteiger partial charge in [0.15, 0.2) is 0 Å². The molecular formula is C12H17NO3S. The van der Waals surface area contributed by atoms with Gasteiger partial charge in [-0.3, -0.25) is 9.00 Å². The fourth-order valence-corrected chi connectivity index (χ4v) is 1.64. The fraction of sp³-hybridized carbons (Fsp3) is 0.417. The van der Waals surface area contributed by atoms with Gasteiger partial charge in [-0.2, -0.15) is 0 Å². The van der Waals surface area contributed by atoms with Crippen LogP contribution in [0.2, 0.25) is 0 Å². The van der Waals surface area contributed by atoms with Crippen molar-refractivity contribution in [1.29, 1.82) is 0 Å². The normalized spacial score (nSPS) is 14.1. The number of hydrogen-bond donors (Lipinski definition) is 2. The average molecular weight is 255 g/mol. The zero-order valence-corrected chi connectivity index (χ0v) is 11.0. The fourth-order valence-electron chi connectivity index (χ4n) is 1.32. The topological polar surface area (TPSA) is 66.4 Å². The first-order valence-electron chi connectivity index (χ1n) is 5.32. The molecular weight excluding hydrogens is 238 g/mol. The molecule has 17 heavy (non-hydrogen) atoms. The van der Waals surface area contributed by atoms with E-state index in [9.17, 15) is 14.1 Å². The molecule has 0 bridgehead atoms. The SMILES string of the molecule is Cc1c(O)cccc1C(=O)NCC(C)S(C)=O. The van der Waals surface area contributed by atoms with E-state index in [1.54, 1.807) is 25.3 Å². The highest BCUT2D eigenvalue weighted by atomic mass is 32.2. The van der Waals surface area contributed by atoms with Crippen molar-refractivity contribution in [2.45, 2.75) is 19.1 Å². The summed E-state index contributed by atoms with van der Waals surface area (Å²) < 4.78 is 11.1. The molecule has 1 rings (SSSR count). The van der Waals surface area contributed by atoms with Crippen molar-refractivity contribution < 1.29 is 14.1 Å². The number of carbonyl (C=O) groups is 1. The van der Waals surface area contributed by atoms with Gasteiger partial charge in [-0.25, -0.2) is 0 Å². The molecule has 2 atom stereocenters. The van der Waals surface area contributed by atoms with Gasteiger partial charge in [-0.1, -0.05) is 6.07 Å². The molecule has 0 saturated carbocycles. The van der Waals surface area contributed by atoms with Crippen LogP contribution < -0.4 is 5.32 Å². The summed E-state index contributed by atoms with van der Waals surface area (Å²) in [6, 6.07) is 4.81. The Morgan fingerprint density at radius 1 is 1.53 bits per heavy atom. The van der Waals surface area contributed by atoms with Crippen molar-refractivity contribution in [3.05, 3.63) is 29.3 Å². The highest BCUT2D eigenvalue weighted by Crippen LogP contribution is 2.19. The molecule has 0 heterocycles. The van der Waals surface area contributed by atoms with Crippen molar-refractivity contribution >= 4 is 16.7 Å². The van der Waals surface area contributed by atoms with E-state index in [4.69, 9.17) is 0 Å². The third kappa shape index (κ3) is 3.56. The molecule has 1 amide bonds. The van der Waals surface area contributed by atoms with E-state index in [0.29, 0.717) is 17.7 Å². The lowest BCUT2D eigenvalue weighted by molar-refractivity contribution is 0.0953. The van der Waals surface area contributed by atoms with Crippen LogP contribution in [0.1, 0.15) is 22.8 Å². The van der Waals surface area contributed by atoms with Crippen molar-refractivity contribution in [2.75, 3.05) is 12.8 Å². The van der Waals surface area contributed by atoms with Crippen LogP contribution in [0.4, 0.5) is 0 Å². The number of rotatable bonds is 4. The summed E-state index contributed by atoms with van der Waals surface area (Å²) in [5, 5.41) is 12.1. The lowest BCUT2D eigenvalue weighted by Crippen LogP contribution is -2.32. The highest BCUT2D eigenvalue weighted by molar-refractivity contribution is 7.84. The van der Waals surface area contributed by atoms with E-state index in [1.807, 2.05) is 6.92 Å². The molecule has 0 fully saturated rings. The van der Waals surface area contributed by atoms with E-state index in [-0.39, 0.29) is 16.9 Å². The van der Waals surface area contributed by atoms with Crippen LogP contribution in [0.15, 0.2) is 18.2 Å². The Kier molecular flexibility index (Phi) is 4.69. The zero-order chi connectivity index (χ0) is 13.0. The molecule has 4 nitrogen and oxygen atoms in total. The van der Waals surface area contributed by atoms with Crippen LogP contribution in [0.5, 0.6) is 5.75 Å². The molecule has 1 aromatic rings. The zero-order valence-electron chi connectivity index (χ0n) is 10.2. The summed E-state index contributed by atoms with van der Waals surface area (Å²) in [5.41, 5.74) is 0.995. The van der Waals surface area contributed by atoms with Crippen LogP contribution in [-0.4, -0.2) is 33.3 Å². The smallest absolute Gasteiger partial charge is 0.251 e. The summed E-state index contributed by atoms with van der Waals surface area (Å²) in [5.74, 6) is -0.152. The number of amides is 1. The van der Waals surface area contributed by atoms with Crippen LogP contribution in [-0.2, 0) is 10.8 Å². The van der Waals surface area contributed by atoms with Gasteiger partial charge in [0.05, 0.1) is 0 Å². The second-order valence-electron chi connectivity index (χ2n) is 3.97. The van der Waals surface area contributed by atoms with E-state index in [0.717, 1.165) is 0 Å². The number of carbonyl (C=O) groups excluding carboxylic acids is 1. The number of phenolic OH excluding ortho intramolecular Hbond substituents is 1. The summed E-state index contributed by atoms with van der Waals surface area (Å²) in [6.45, 7) is 3.86. The van der Waals surface area contributed by atoms with Gasteiger partial charge in [-0.05, 0) is 26.0 Å². The maximum absolute atomic E-state index is 11.8. The second-order valence-corrected chi connectivity index (χ2v) is 5.77. The Labute approximate surface area is 104 Å². The number of aromatic hydroxyl groups is 1. The van der Waals surface area contributed by atoms with Gasteiger partial charge in [0.25, 0.3) is 5.91 Å². The minimum Gasteiger partial charge on any atom is -0.508 e. The quantitative estimate of drug-likeness (QED) is 0.849. The largest absolute Gasteiger partial charge is 0.508 e. The molecule has 0 radical (unpaired) electrons. The first kappa shape index (κ1) is 13.7. The Balaban J connectivity index is 2.71. The van der Waals surface area contributed by atoms with E-state index >= 15 is 0 Å². The van der Waals surface area contributed by atoms with Crippen molar-refractivity contribution in [2.24, 2.45) is 0 Å². The second kappa shape index (κ2) is 5.82. The first-order chi connectivity index (χ1) is 7.93. The van der Waals surface area contributed by atoms with E-state index in [1.165, 1.54) is 6.07 Å². The Morgan fingerprint density at radius 3 is 2.76 bits per heavy atom. The molecule has 0 aliphatic rings. The van der Waals surface area contributed by atoms with Gasteiger partial charge < -0.3 is 10.4 Å². The summed E-state index contributed by atoms with van der Waals surface area (Å²) in [4.78, 5) is 11.8. The average Bonchev–Trinajstić information content (AvgIpc) is 2.29. The van der Waals surface area contributed by atoms with Gasteiger partial charge >= 0.3 is 0 Å². The molecule has 0 aromatic heterocycles. The Morgan fingerprint density at radius 2 is 2.18 bits per heavy atom.